The van der Waals surface area contributed by atoms with Gasteiger partial charge in [0.25, 0.3) is 0 Å². The first-order valence-corrected chi connectivity index (χ1v) is 6.46. The number of ether oxygens (including phenoxy) is 1. The zero-order valence-electron chi connectivity index (χ0n) is 9.90. The third kappa shape index (κ3) is 1.81. The SMILES string of the molecule is Cc1cccc2[nH]c(=S)n(C3CCCOC3)c12. The number of H-pyrrole nitrogens is 1. The normalized spacial score (nSPS) is 20.9. The number of hydrogen-bond acceptors (Lipinski definition) is 2. The molecule has 1 fully saturated rings. The van der Waals surface area contributed by atoms with E-state index in [2.05, 4.69) is 34.7 Å². The zero-order chi connectivity index (χ0) is 11.8. The molecule has 1 N–H and O–H groups in total. The summed E-state index contributed by atoms with van der Waals surface area (Å²) in [4.78, 5) is 3.29. The summed E-state index contributed by atoms with van der Waals surface area (Å²) in [7, 11) is 0. The lowest BCUT2D eigenvalue weighted by Gasteiger charge is -2.24. The number of rotatable bonds is 1. The summed E-state index contributed by atoms with van der Waals surface area (Å²) in [6, 6.07) is 6.65. The molecule has 4 heteroatoms. The summed E-state index contributed by atoms with van der Waals surface area (Å²) >= 11 is 5.45. The number of aromatic nitrogens is 2. The van der Waals surface area contributed by atoms with E-state index in [1.807, 2.05) is 0 Å². The Morgan fingerprint density at radius 1 is 1.47 bits per heavy atom. The van der Waals surface area contributed by atoms with Gasteiger partial charge in [-0.1, -0.05) is 12.1 Å². The van der Waals surface area contributed by atoms with E-state index in [4.69, 9.17) is 17.0 Å². The molecule has 0 spiro atoms. The Kier molecular flexibility index (Phi) is 2.76. The number of nitrogens with one attached hydrogen (secondary N) is 1. The van der Waals surface area contributed by atoms with Crippen LogP contribution in [0.2, 0.25) is 0 Å². The van der Waals surface area contributed by atoms with Gasteiger partial charge < -0.3 is 14.3 Å². The van der Waals surface area contributed by atoms with E-state index in [1.165, 1.54) is 11.1 Å². The smallest absolute Gasteiger partial charge is 0.178 e. The van der Waals surface area contributed by atoms with Crippen LogP contribution in [0.5, 0.6) is 0 Å². The number of fused-ring (bicyclic) bond motifs is 1. The van der Waals surface area contributed by atoms with Crippen molar-refractivity contribution in [2.45, 2.75) is 25.8 Å². The number of aryl methyl sites for hydroxylation is 1. The molecule has 90 valence electrons. The Bertz CT molecular complexity index is 593. The maximum atomic E-state index is 5.57. The van der Waals surface area contributed by atoms with Crippen molar-refractivity contribution < 1.29 is 4.74 Å². The van der Waals surface area contributed by atoms with Crippen LogP contribution in [0.4, 0.5) is 0 Å². The fourth-order valence-electron chi connectivity index (χ4n) is 2.63. The molecular weight excluding hydrogens is 232 g/mol. The van der Waals surface area contributed by atoms with Gasteiger partial charge in [-0.25, -0.2) is 0 Å². The molecular formula is C13H16N2OS. The van der Waals surface area contributed by atoms with E-state index >= 15 is 0 Å². The molecule has 1 aliphatic rings. The maximum absolute atomic E-state index is 5.57. The lowest BCUT2D eigenvalue weighted by molar-refractivity contribution is 0.0600. The molecule has 1 saturated heterocycles. The molecule has 1 unspecified atom stereocenters. The molecule has 2 aromatic rings. The zero-order valence-corrected chi connectivity index (χ0v) is 10.7. The third-order valence-corrected chi connectivity index (χ3v) is 3.74. The topological polar surface area (TPSA) is 29.9 Å². The predicted octanol–water partition coefficient (Wildman–Crippen LogP) is 3.36. The van der Waals surface area contributed by atoms with Crippen LogP contribution in [-0.4, -0.2) is 22.8 Å². The fraction of sp³-hybridized carbons (Fsp3) is 0.462. The van der Waals surface area contributed by atoms with Gasteiger partial charge in [-0.15, -0.1) is 0 Å². The second-order valence-corrected chi connectivity index (χ2v) is 5.03. The average Bonchev–Trinajstić information content (AvgIpc) is 2.68. The highest BCUT2D eigenvalue weighted by atomic mass is 32.1. The van der Waals surface area contributed by atoms with Gasteiger partial charge in [-0.2, -0.15) is 0 Å². The molecule has 0 aliphatic carbocycles. The second kappa shape index (κ2) is 4.27. The first kappa shape index (κ1) is 11.0. The van der Waals surface area contributed by atoms with Crippen LogP contribution in [0.15, 0.2) is 18.2 Å². The monoisotopic (exact) mass is 248 g/mol. The molecule has 1 aliphatic heterocycles. The lowest BCUT2D eigenvalue weighted by Crippen LogP contribution is -2.21. The van der Waals surface area contributed by atoms with Crippen LogP contribution in [0.25, 0.3) is 11.0 Å². The summed E-state index contributed by atoms with van der Waals surface area (Å²) in [6.07, 6.45) is 2.26. The standard InChI is InChI=1S/C13H16N2OS/c1-9-4-2-6-11-12(9)15(13(17)14-11)10-5-3-7-16-8-10/h2,4,6,10H,3,5,7-8H2,1H3,(H,14,17). The van der Waals surface area contributed by atoms with Crippen LogP contribution in [0.1, 0.15) is 24.4 Å². The van der Waals surface area contributed by atoms with Gasteiger partial charge in [0, 0.05) is 6.61 Å². The van der Waals surface area contributed by atoms with Crippen molar-refractivity contribution in [3.63, 3.8) is 0 Å². The Hall–Kier alpha value is -1.13. The van der Waals surface area contributed by atoms with E-state index < -0.39 is 0 Å². The molecule has 0 radical (unpaired) electrons. The summed E-state index contributed by atoms with van der Waals surface area (Å²) in [5.74, 6) is 0. The van der Waals surface area contributed by atoms with E-state index in [-0.39, 0.29) is 0 Å². The summed E-state index contributed by atoms with van der Waals surface area (Å²) in [5, 5.41) is 0. The maximum Gasteiger partial charge on any atom is 0.178 e. The van der Waals surface area contributed by atoms with Gasteiger partial charge in [-0.05, 0) is 43.6 Å². The van der Waals surface area contributed by atoms with Crippen molar-refractivity contribution in [1.29, 1.82) is 0 Å². The summed E-state index contributed by atoms with van der Waals surface area (Å²) in [6.45, 7) is 3.78. The Balaban J connectivity index is 2.20. The Morgan fingerprint density at radius 2 is 2.35 bits per heavy atom. The van der Waals surface area contributed by atoms with Crippen LogP contribution >= 0.6 is 12.2 Å². The van der Waals surface area contributed by atoms with E-state index in [0.717, 1.165) is 36.3 Å². The highest BCUT2D eigenvalue weighted by molar-refractivity contribution is 7.71. The van der Waals surface area contributed by atoms with Gasteiger partial charge >= 0.3 is 0 Å². The van der Waals surface area contributed by atoms with E-state index in [0.29, 0.717) is 6.04 Å². The van der Waals surface area contributed by atoms with Gasteiger partial charge in [0.1, 0.15) is 0 Å². The summed E-state index contributed by atoms with van der Waals surface area (Å²) in [5.41, 5.74) is 3.62. The number of nitrogens with zero attached hydrogens (tertiary/aromatic N) is 1. The minimum atomic E-state index is 0.381. The summed E-state index contributed by atoms with van der Waals surface area (Å²) < 4.78 is 8.61. The highest BCUT2D eigenvalue weighted by Crippen LogP contribution is 2.27. The number of imidazole rings is 1. The third-order valence-electron chi connectivity index (χ3n) is 3.44. The van der Waals surface area contributed by atoms with Crippen molar-refractivity contribution in [2.24, 2.45) is 0 Å². The lowest BCUT2D eigenvalue weighted by atomic mass is 10.1. The van der Waals surface area contributed by atoms with Crippen molar-refractivity contribution >= 4 is 23.3 Å². The van der Waals surface area contributed by atoms with Gasteiger partial charge in [0.2, 0.25) is 0 Å². The number of aromatic amines is 1. The molecule has 0 bridgehead atoms. The molecule has 2 heterocycles. The molecule has 0 saturated carbocycles. The first-order valence-electron chi connectivity index (χ1n) is 6.05. The Morgan fingerprint density at radius 3 is 3.12 bits per heavy atom. The van der Waals surface area contributed by atoms with Crippen molar-refractivity contribution in [3.8, 4) is 0 Å². The quantitative estimate of drug-likeness (QED) is 0.784. The van der Waals surface area contributed by atoms with Crippen LogP contribution in [-0.2, 0) is 4.74 Å². The van der Waals surface area contributed by atoms with Crippen LogP contribution < -0.4 is 0 Å². The molecule has 3 nitrogen and oxygen atoms in total. The average molecular weight is 248 g/mol. The molecule has 17 heavy (non-hydrogen) atoms. The fourth-order valence-corrected chi connectivity index (χ4v) is 2.98. The molecule has 1 aromatic heterocycles. The van der Waals surface area contributed by atoms with Crippen molar-refractivity contribution in [3.05, 3.63) is 28.5 Å². The largest absolute Gasteiger partial charge is 0.379 e. The van der Waals surface area contributed by atoms with Crippen LogP contribution in [0, 0.1) is 11.7 Å². The molecule has 3 rings (SSSR count). The molecule has 1 atom stereocenters. The van der Waals surface area contributed by atoms with Gasteiger partial charge in [-0.3, -0.25) is 0 Å². The minimum Gasteiger partial charge on any atom is -0.379 e. The van der Waals surface area contributed by atoms with E-state index in [9.17, 15) is 0 Å². The van der Waals surface area contributed by atoms with E-state index in [1.54, 1.807) is 0 Å². The van der Waals surface area contributed by atoms with Gasteiger partial charge in [0.15, 0.2) is 4.77 Å². The number of benzene rings is 1. The molecule has 0 amide bonds. The van der Waals surface area contributed by atoms with Gasteiger partial charge in [0.05, 0.1) is 23.7 Å². The predicted molar refractivity (Wildman–Crippen MR) is 70.9 cm³/mol. The number of para-hydroxylation sites is 1. The molecule has 1 aromatic carbocycles. The second-order valence-electron chi connectivity index (χ2n) is 4.64. The Labute approximate surface area is 105 Å². The highest BCUT2D eigenvalue weighted by Gasteiger charge is 2.19. The van der Waals surface area contributed by atoms with Crippen molar-refractivity contribution in [2.75, 3.05) is 13.2 Å². The number of hydrogen-bond donors (Lipinski definition) is 1. The van der Waals surface area contributed by atoms with Crippen molar-refractivity contribution in [1.82, 2.24) is 9.55 Å². The minimum absolute atomic E-state index is 0.381. The first-order chi connectivity index (χ1) is 8.27. The van der Waals surface area contributed by atoms with Crippen LogP contribution in [0.3, 0.4) is 0 Å².